The van der Waals surface area contributed by atoms with Gasteiger partial charge in [-0.05, 0) is 0 Å². The minimum absolute atomic E-state index is 0.254. The third-order valence-electron chi connectivity index (χ3n) is 2.12. The van der Waals surface area contributed by atoms with Crippen LogP contribution in [0.25, 0.3) is 0 Å². The van der Waals surface area contributed by atoms with Gasteiger partial charge in [0, 0.05) is 12.1 Å². The zero-order valence-electron chi connectivity index (χ0n) is 7.81. The average Bonchev–Trinajstić information content (AvgIpc) is 2.28. The Morgan fingerprint density at radius 2 is 1.79 bits per heavy atom. The minimum Gasteiger partial charge on any atom is -0.504 e. The van der Waals surface area contributed by atoms with E-state index in [-0.39, 0.29) is 33.4 Å². The highest BCUT2D eigenvalue weighted by molar-refractivity contribution is 5.94. The Balaban J connectivity index is 2.61. The van der Waals surface area contributed by atoms with Crippen LogP contribution in [0.15, 0.2) is 12.1 Å². The van der Waals surface area contributed by atoms with Crippen molar-refractivity contribution in [1.82, 2.24) is 0 Å². The Labute approximate surface area is 80.3 Å². The normalized spacial score (nSPS) is 17.7. The van der Waals surface area contributed by atoms with Crippen molar-refractivity contribution in [2.24, 2.45) is 0 Å². The van der Waals surface area contributed by atoms with E-state index >= 15 is 0 Å². The summed E-state index contributed by atoms with van der Waals surface area (Å²) < 4.78 is -0.266. The van der Waals surface area contributed by atoms with Gasteiger partial charge in [-0.1, -0.05) is 4.65 Å². The number of quaternary nitrogens is 1. The van der Waals surface area contributed by atoms with Crippen LogP contribution < -0.4 is 4.84 Å². The van der Waals surface area contributed by atoms with Gasteiger partial charge in [0.1, 0.15) is 19.7 Å². The summed E-state index contributed by atoms with van der Waals surface area (Å²) in [4.78, 5) is 16.9. The minimum atomic E-state index is -0.317. The molecule has 1 aliphatic heterocycles. The Kier molecular flexibility index (Phi) is 1.51. The van der Waals surface area contributed by atoms with Crippen LogP contribution in [-0.4, -0.2) is 34.9 Å². The highest BCUT2D eigenvalue weighted by Crippen LogP contribution is 2.38. The number of carbonyl (C=O) groups is 1. The van der Waals surface area contributed by atoms with Crippen molar-refractivity contribution in [1.29, 1.82) is 0 Å². The summed E-state index contributed by atoms with van der Waals surface area (Å²) in [6.45, 7) is 0. The number of rotatable bonds is 0. The second kappa shape index (κ2) is 2.39. The van der Waals surface area contributed by atoms with Crippen molar-refractivity contribution in [3.05, 3.63) is 17.7 Å². The molecule has 0 atom stereocenters. The van der Waals surface area contributed by atoms with Crippen LogP contribution in [0.2, 0.25) is 0 Å². The van der Waals surface area contributed by atoms with Crippen LogP contribution in [-0.2, 0) is 0 Å². The van der Waals surface area contributed by atoms with Gasteiger partial charge in [-0.25, -0.2) is 4.79 Å². The molecule has 2 N–H and O–H groups in total. The molecule has 1 aliphatic rings. The topological polar surface area (TPSA) is 66.8 Å². The molecule has 0 saturated carbocycles. The lowest BCUT2D eigenvalue weighted by molar-refractivity contribution is -0.973. The number of phenolic OH excluding ortho intramolecular Hbond substituents is 2. The molecule has 0 radical (unpaired) electrons. The van der Waals surface area contributed by atoms with Gasteiger partial charge in [-0.3, -0.25) is 0 Å². The van der Waals surface area contributed by atoms with E-state index in [4.69, 9.17) is 4.84 Å². The SMILES string of the molecule is C[N+]1(C)Oc2cc(O)c(O)cc2C1=O. The Morgan fingerprint density at radius 1 is 1.21 bits per heavy atom. The average molecular weight is 196 g/mol. The maximum absolute atomic E-state index is 11.6. The first-order chi connectivity index (χ1) is 6.42. The third kappa shape index (κ3) is 1.03. The van der Waals surface area contributed by atoms with Crippen molar-refractivity contribution in [3.8, 4) is 17.2 Å². The predicted molar refractivity (Wildman–Crippen MR) is 46.8 cm³/mol. The number of hydroxylamine groups is 3. The first-order valence-electron chi connectivity index (χ1n) is 4.06. The van der Waals surface area contributed by atoms with Crippen molar-refractivity contribution < 1.29 is 24.5 Å². The molecular formula is C9H10NO4+. The monoisotopic (exact) mass is 196 g/mol. The van der Waals surface area contributed by atoms with Crippen LogP contribution in [0.3, 0.4) is 0 Å². The summed E-state index contributed by atoms with van der Waals surface area (Å²) in [6.07, 6.45) is 0. The van der Waals surface area contributed by atoms with Crippen LogP contribution in [0.5, 0.6) is 17.2 Å². The molecule has 1 aromatic rings. The number of amides is 1. The Bertz CT molecular complexity index is 425. The number of benzene rings is 1. The number of nitrogens with zero attached hydrogens (tertiary/aromatic N) is 1. The molecule has 0 unspecified atom stereocenters. The first kappa shape index (κ1) is 8.83. The van der Waals surface area contributed by atoms with E-state index in [1.54, 1.807) is 14.1 Å². The summed E-state index contributed by atoms with van der Waals surface area (Å²) in [7, 11) is 3.16. The first-order valence-corrected chi connectivity index (χ1v) is 4.06. The lowest BCUT2D eigenvalue weighted by atomic mass is 10.1. The summed E-state index contributed by atoms with van der Waals surface area (Å²) in [5.41, 5.74) is 0.283. The molecule has 5 heteroatoms. The summed E-state index contributed by atoms with van der Waals surface area (Å²) in [5.74, 6) is -0.577. The second-order valence-electron chi connectivity index (χ2n) is 3.58. The second-order valence-corrected chi connectivity index (χ2v) is 3.58. The van der Waals surface area contributed by atoms with Gasteiger partial charge in [0.15, 0.2) is 11.5 Å². The molecule has 2 rings (SSSR count). The molecule has 0 bridgehead atoms. The van der Waals surface area contributed by atoms with Gasteiger partial charge in [0.2, 0.25) is 5.75 Å². The van der Waals surface area contributed by atoms with Gasteiger partial charge in [0.05, 0.1) is 0 Å². The molecule has 0 saturated heterocycles. The summed E-state index contributed by atoms with van der Waals surface area (Å²) >= 11 is 0. The number of aromatic hydroxyl groups is 2. The fraction of sp³-hybridized carbons (Fsp3) is 0.222. The van der Waals surface area contributed by atoms with E-state index < -0.39 is 0 Å². The zero-order valence-corrected chi connectivity index (χ0v) is 7.81. The molecule has 0 spiro atoms. The van der Waals surface area contributed by atoms with Crippen molar-refractivity contribution in [2.45, 2.75) is 0 Å². The van der Waals surface area contributed by atoms with Crippen molar-refractivity contribution in [2.75, 3.05) is 14.1 Å². The van der Waals surface area contributed by atoms with Gasteiger partial charge >= 0.3 is 5.91 Å². The highest BCUT2D eigenvalue weighted by Gasteiger charge is 2.42. The molecular weight excluding hydrogens is 186 g/mol. The molecule has 14 heavy (non-hydrogen) atoms. The molecule has 0 aliphatic carbocycles. The number of hydrogen-bond donors (Lipinski definition) is 2. The largest absolute Gasteiger partial charge is 0.504 e. The maximum Gasteiger partial charge on any atom is 0.390 e. The van der Waals surface area contributed by atoms with Crippen LogP contribution >= 0.6 is 0 Å². The lowest BCUT2D eigenvalue weighted by Crippen LogP contribution is -2.43. The van der Waals surface area contributed by atoms with Crippen molar-refractivity contribution in [3.63, 3.8) is 0 Å². The fourth-order valence-electron chi connectivity index (χ4n) is 1.38. The van der Waals surface area contributed by atoms with Crippen LogP contribution in [0.4, 0.5) is 0 Å². The number of phenols is 2. The van der Waals surface area contributed by atoms with Crippen molar-refractivity contribution >= 4 is 5.91 Å². The Hall–Kier alpha value is -1.75. The summed E-state index contributed by atoms with van der Waals surface area (Å²) in [6, 6.07) is 2.44. The highest BCUT2D eigenvalue weighted by atomic mass is 16.7. The van der Waals surface area contributed by atoms with Gasteiger partial charge in [0.25, 0.3) is 0 Å². The third-order valence-corrected chi connectivity index (χ3v) is 2.12. The van der Waals surface area contributed by atoms with Gasteiger partial charge in [-0.2, -0.15) is 0 Å². The fourth-order valence-corrected chi connectivity index (χ4v) is 1.38. The van der Waals surface area contributed by atoms with Crippen LogP contribution in [0, 0.1) is 0 Å². The van der Waals surface area contributed by atoms with E-state index in [0.29, 0.717) is 0 Å². The van der Waals surface area contributed by atoms with Gasteiger partial charge < -0.3 is 15.1 Å². The van der Waals surface area contributed by atoms with E-state index in [1.165, 1.54) is 12.1 Å². The lowest BCUT2D eigenvalue weighted by Gasteiger charge is -2.15. The predicted octanol–water partition coefficient (Wildman–Crippen LogP) is 0.622. The molecule has 5 nitrogen and oxygen atoms in total. The molecule has 0 aromatic heterocycles. The molecule has 1 heterocycles. The molecule has 74 valence electrons. The van der Waals surface area contributed by atoms with E-state index in [2.05, 4.69) is 0 Å². The number of fused-ring (bicyclic) bond motifs is 1. The summed E-state index contributed by atoms with van der Waals surface area (Å²) in [5, 5.41) is 18.4. The van der Waals surface area contributed by atoms with Gasteiger partial charge in [-0.15, -0.1) is 0 Å². The van der Waals surface area contributed by atoms with E-state index in [0.717, 1.165) is 0 Å². The maximum atomic E-state index is 11.6. The smallest absolute Gasteiger partial charge is 0.390 e. The molecule has 1 aromatic carbocycles. The quantitative estimate of drug-likeness (QED) is 0.471. The standard InChI is InChI=1S/C9H9NO4/c1-10(2)9(13)5-3-6(11)7(12)4-8(5)14-10/h3-4H,1-2H3,(H-,11,12,13)/p+1. The molecule has 1 amide bonds. The zero-order chi connectivity index (χ0) is 10.5. The number of hydrogen-bond acceptors (Lipinski definition) is 4. The van der Waals surface area contributed by atoms with E-state index in [1.807, 2.05) is 0 Å². The van der Waals surface area contributed by atoms with E-state index in [9.17, 15) is 15.0 Å². The number of carbonyl (C=O) groups excluding carboxylic acids is 1. The Morgan fingerprint density at radius 3 is 2.43 bits per heavy atom. The molecule has 0 fully saturated rings. The van der Waals surface area contributed by atoms with Crippen LogP contribution in [0.1, 0.15) is 10.4 Å².